The van der Waals surface area contributed by atoms with Gasteiger partial charge in [-0.25, -0.2) is 18.4 Å². The Morgan fingerprint density at radius 2 is 2.05 bits per heavy atom. The summed E-state index contributed by atoms with van der Waals surface area (Å²) in [6.45, 7) is 1.41. The number of amides is 1. The first-order valence-corrected chi connectivity index (χ1v) is 13.0. The van der Waals surface area contributed by atoms with Crippen molar-refractivity contribution in [1.29, 1.82) is 0 Å². The molecule has 3 aromatic rings. The molecule has 1 N–H and O–H groups in total. The number of halogens is 5. The summed E-state index contributed by atoms with van der Waals surface area (Å²) in [5.41, 5.74) is -1.13. The number of rotatable bonds is 10. The first kappa shape index (κ1) is 28.6. The first-order valence-electron chi connectivity index (χ1n) is 12.1. The number of carbonyl (C=O) groups is 2. The Morgan fingerprint density at radius 3 is 2.67 bits per heavy atom. The molecule has 1 amide bonds. The molecule has 4 rings (SSSR count). The van der Waals surface area contributed by atoms with Gasteiger partial charge in [-0.3, -0.25) is 19.4 Å². The Labute approximate surface area is 224 Å². The van der Waals surface area contributed by atoms with Crippen LogP contribution >= 0.6 is 11.3 Å². The van der Waals surface area contributed by atoms with Gasteiger partial charge in [-0.05, 0) is 32.4 Å². The van der Waals surface area contributed by atoms with E-state index in [2.05, 4.69) is 10.1 Å². The topological polar surface area (TPSA) is 91.6 Å². The van der Waals surface area contributed by atoms with Crippen molar-refractivity contribution in [2.75, 3.05) is 24.5 Å². The molecule has 0 bridgehead atoms. The minimum Gasteiger partial charge on any atom is -0.481 e. The van der Waals surface area contributed by atoms with Gasteiger partial charge in [0.1, 0.15) is 0 Å². The van der Waals surface area contributed by atoms with Crippen LogP contribution in [0.3, 0.4) is 0 Å². The number of anilines is 1. The number of hydrogen-bond acceptors (Lipinski definition) is 6. The van der Waals surface area contributed by atoms with Gasteiger partial charge in [0, 0.05) is 36.2 Å². The predicted octanol–water partition coefficient (Wildman–Crippen LogP) is 5.19. The zero-order chi connectivity index (χ0) is 28.4. The molecule has 1 aliphatic heterocycles. The fourth-order valence-corrected chi connectivity index (χ4v) is 5.36. The zero-order valence-electron chi connectivity index (χ0n) is 20.8. The number of thiazole rings is 1. The summed E-state index contributed by atoms with van der Waals surface area (Å²) in [5, 5.41) is 16.0. The van der Waals surface area contributed by atoms with Crippen molar-refractivity contribution < 1.29 is 36.6 Å². The van der Waals surface area contributed by atoms with Crippen LogP contribution in [-0.2, 0) is 15.8 Å². The van der Waals surface area contributed by atoms with Crippen molar-refractivity contribution >= 4 is 29.5 Å². The molecule has 0 spiro atoms. The normalized spacial score (nSPS) is 17.5. The number of alkyl halides is 5. The molecule has 210 valence electrons. The molecular formula is C25H26F5N5O3S. The van der Waals surface area contributed by atoms with Gasteiger partial charge >= 0.3 is 12.1 Å². The maximum Gasteiger partial charge on any atom is 0.417 e. The lowest BCUT2D eigenvalue weighted by molar-refractivity contribution is -0.142. The maximum atomic E-state index is 13.9. The van der Waals surface area contributed by atoms with Crippen molar-refractivity contribution in [3.05, 3.63) is 47.5 Å². The van der Waals surface area contributed by atoms with Crippen LogP contribution in [0.2, 0.25) is 0 Å². The number of likely N-dealkylation sites (tertiary alicyclic amines) is 1. The molecule has 0 aliphatic carbocycles. The van der Waals surface area contributed by atoms with E-state index in [0.717, 1.165) is 22.3 Å². The molecule has 1 fully saturated rings. The van der Waals surface area contributed by atoms with Gasteiger partial charge in [0.05, 0.1) is 29.8 Å². The van der Waals surface area contributed by atoms with E-state index in [1.165, 1.54) is 47.0 Å². The van der Waals surface area contributed by atoms with E-state index in [0.29, 0.717) is 13.0 Å². The number of aliphatic carboxylic acids is 1. The van der Waals surface area contributed by atoms with Gasteiger partial charge in [-0.1, -0.05) is 18.2 Å². The summed E-state index contributed by atoms with van der Waals surface area (Å²) in [4.78, 5) is 31.0. The molecule has 14 heteroatoms. The highest BCUT2D eigenvalue weighted by molar-refractivity contribution is 7.12. The number of piperidine rings is 1. The molecule has 0 radical (unpaired) electrons. The summed E-state index contributed by atoms with van der Waals surface area (Å²) in [6, 6.07) is 5.15. The number of carboxylic acids is 1. The standard InChI is InChI=1S/C25H26F5N5O3S/c1-16(22(37)38)19(7-11-33-10-4-8-24(26,27)14-33)34(15-36)21-13-20(35(32-21)23-31-9-12-39-23)17-5-2-3-6-18(17)25(28,29)30/h2-3,5-6,9,12-13,15-16,19H,4,7-8,10-11,14H2,1H3,(H,37,38)/t16-,19-/m0/s1. The maximum absolute atomic E-state index is 13.9. The number of nitrogens with zero attached hydrogens (tertiary/aromatic N) is 5. The molecule has 1 aliphatic rings. The van der Waals surface area contributed by atoms with Crippen LogP contribution in [-0.4, -0.2) is 68.7 Å². The fraction of sp³-hybridized carbons (Fsp3) is 0.440. The van der Waals surface area contributed by atoms with Crippen molar-refractivity contribution in [3.63, 3.8) is 0 Å². The number of carboxylic acid groups (broad SMARTS) is 1. The summed E-state index contributed by atoms with van der Waals surface area (Å²) < 4.78 is 70.6. The van der Waals surface area contributed by atoms with Gasteiger partial charge in [0.15, 0.2) is 5.82 Å². The van der Waals surface area contributed by atoms with E-state index in [4.69, 9.17) is 0 Å². The molecule has 3 heterocycles. The summed E-state index contributed by atoms with van der Waals surface area (Å²) >= 11 is 1.11. The molecule has 0 unspecified atom stereocenters. The lowest BCUT2D eigenvalue weighted by Crippen LogP contribution is -2.47. The predicted molar refractivity (Wildman–Crippen MR) is 134 cm³/mol. The highest BCUT2D eigenvalue weighted by Gasteiger charge is 2.38. The third-order valence-corrected chi connectivity index (χ3v) is 7.47. The molecular weight excluding hydrogens is 545 g/mol. The third-order valence-electron chi connectivity index (χ3n) is 6.72. The van der Waals surface area contributed by atoms with Crippen LogP contribution in [0.15, 0.2) is 41.9 Å². The Bertz CT molecular complexity index is 1300. The van der Waals surface area contributed by atoms with Crippen LogP contribution in [0.1, 0.15) is 31.7 Å². The second kappa shape index (κ2) is 11.4. The van der Waals surface area contributed by atoms with Crippen molar-refractivity contribution in [2.24, 2.45) is 5.92 Å². The second-order valence-corrected chi connectivity index (χ2v) is 10.3. The number of aromatic nitrogens is 3. The van der Waals surface area contributed by atoms with Crippen LogP contribution in [0.5, 0.6) is 0 Å². The number of carbonyl (C=O) groups excluding carboxylic acids is 1. The minimum absolute atomic E-state index is 0.00266. The summed E-state index contributed by atoms with van der Waals surface area (Å²) in [6.07, 6.45) is -2.79. The molecule has 2 aromatic heterocycles. The number of hydrogen-bond donors (Lipinski definition) is 1. The van der Waals surface area contributed by atoms with E-state index in [9.17, 15) is 36.6 Å². The lowest BCUT2D eigenvalue weighted by Gasteiger charge is -2.35. The van der Waals surface area contributed by atoms with Crippen LogP contribution < -0.4 is 4.90 Å². The van der Waals surface area contributed by atoms with Gasteiger partial charge in [-0.2, -0.15) is 13.2 Å². The van der Waals surface area contributed by atoms with Crippen molar-refractivity contribution in [3.8, 4) is 16.4 Å². The third kappa shape index (κ3) is 6.44. The smallest absolute Gasteiger partial charge is 0.417 e. The van der Waals surface area contributed by atoms with E-state index in [1.807, 2.05) is 0 Å². The molecule has 0 saturated carbocycles. The Kier molecular flexibility index (Phi) is 8.35. The second-order valence-electron chi connectivity index (χ2n) is 9.39. The molecule has 1 aromatic carbocycles. The minimum atomic E-state index is -4.68. The Hall–Kier alpha value is -3.39. The molecule has 39 heavy (non-hydrogen) atoms. The largest absolute Gasteiger partial charge is 0.481 e. The van der Waals surface area contributed by atoms with E-state index in [-0.39, 0.29) is 48.0 Å². The SMILES string of the molecule is C[C@H](C(=O)O)[C@H](CCN1CCCC(F)(F)C1)N(C=O)c1cc(-c2ccccc2C(F)(F)F)n(-c2nccs2)n1. The monoisotopic (exact) mass is 571 g/mol. The molecule has 2 atom stereocenters. The average Bonchev–Trinajstić information content (AvgIpc) is 3.55. The van der Waals surface area contributed by atoms with Crippen LogP contribution in [0.25, 0.3) is 16.4 Å². The van der Waals surface area contributed by atoms with Crippen molar-refractivity contribution in [2.45, 2.75) is 44.3 Å². The quantitative estimate of drug-likeness (QED) is 0.266. The summed E-state index contributed by atoms with van der Waals surface area (Å²) in [7, 11) is 0. The van der Waals surface area contributed by atoms with E-state index in [1.54, 1.807) is 5.38 Å². The van der Waals surface area contributed by atoms with Crippen LogP contribution in [0.4, 0.5) is 27.8 Å². The van der Waals surface area contributed by atoms with E-state index >= 15 is 0 Å². The van der Waals surface area contributed by atoms with Crippen molar-refractivity contribution in [1.82, 2.24) is 19.7 Å². The van der Waals surface area contributed by atoms with Gasteiger partial charge in [0.2, 0.25) is 11.5 Å². The average molecular weight is 572 g/mol. The van der Waals surface area contributed by atoms with Gasteiger partial charge < -0.3 is 5.11 Å². The van der Waals surface area contributed by atoms with E-state index < -0.39 is 42.1 Å². The first-order chi connectivity index (χ1) is 18.4. The Balaban J connectivity index is 1.75. The highest BCUT2D eigenvalue weighted by Crippen LogP contribution is 2.39. The van der Waals surface area contributed by atoms with Gasteiger partial charge in [-0.15, -0.1) is 16.4 Å². The zero-order valence-corrected chi connectivity index (χ0v) is 21.6. The Morgan fingerprint density at radius 1 is 1.31 bits per heavy atom. The van der Waals surface area contributed by atoms with Gasteiger partial charge in [0.25, 0.3) is 5.92 Å². The van der Waals surface area contributed by atoms with Crippen LogP contribution in [0, 0.1) is 5.92 Å². The molecule has 8 nitrogen and oxygen atoms in total. The highest BCUT2D eigenvalue weighted by atomic mass is 32.1. The summed E-state index contributed by atoms with van der Waals surface area (Å²) in [5.74, 6) is -5.30. The fourth-order valence-electron chi connectivity index (χ4n) is 4.76. The number of benzene rings is 1. The molecule has 1 saturated heterocycles. The lowest BCUT2D eigenvalue weighted by atomic mass is 9.96.